The molecule has 1 N–H and O–H groups in total. The number of benzene rings is 1. The van der Waals surface area contributed by atoms with E-state index in [9.17, 15) is 4.79 Å². The molecule has 1 aromatic carbocycles. The van der Waals surface area contributed by atoms with Gasteiger partial charge < -0.3 is 14.8 Å². The van der Waals surface area contributed by atoms with Crippen LogP contribution in [0.4, 0.5) is 0 Å². The number of hydrogen-bond acceptors (Lipinski definition) is 4. The lowest BCUT2D eigenvalue weighted by Crippen LogP contribution is -2.56. The van der Waals surface area contributed by atoms with Gasteiger partial charge >= 0.3 is 0 Å². The molecule has 0 bridgehead atoms. The maximum atomic E-state index is 12.6. The molecule has 1 aliphatic carbocycles. The Morgan fingerprint density at radius 1 is 1.19 bits per heavy atom. The molecule has 5 heteroatoms. The fourth-order valence-corrected chi connectivity index (χ4v) is 4.70. The second-order valence-corrected chi connectivity index (χ2v) is 8.38. The molecule has 4 rings (SSSR count). The molecule has 1 atom stereocenters. The average Bonchev–Trinajstić information content (AvgIpc) is 2.68. The summed E-state index contributed by atoms with van der Waals surface area (Å²) < 4.78 is 11.5. The van der Waals surface area contributed by atoms with E-state index in [1.165, 1.54) is 42.4 Å². The van der Waals surface area contributed by atoms with E-state index in [2.05, 4.69) is 35.3 Å². The highest BCUT2D eigenvalue weighted by atomic mass is 16.5. The van der Waals surface area contributed by atoms with Crippen molar-refractivity contribution in [3.63, 3.8) is 0 Å². The van der Waals surface area contributed by atoms with Crippen molar-refractivity contribution < 1.29 is 14.3 Å². The standard InChI is InChI=1S/C22H32N2O3/c1-17(19-7-6-18-4-2-3-5-20(18)14-19)23-21(25)15-24-10-13-27-22(16-24)8-11-26-12-9-22/h6-7,14,17H,2-5,8-13,15-16H2,1H3,(H,23,25). The normalized spacial score (nSPS) is 23.6. The zero-order valence-electron chi connectivity index (χ0n) is 16.5. The molecule has 0 aromatic heterocycles. The molecule has 2 aliphatic heterocycles. The molecular weight excluding hydrogens is 340 g/mol. The maximum absolute atomic E-state index is 12.6. The van der Waals surface area contributed by atoms with E-state index in [1.54, 1.807) is 0 Å². The summed E-state index contributed by atoms with van der Waals surface area (Å²) in [4.78, 5) is 14.9. The highest BCUT2D eigenvalue weighted by Crippen LogP contribution is 2.29. The van der Waals surface area contributed by atoms with Crippen LogP contribution in [-0.4, -0.2) is 55.9 Å². The van der Waals surface area contributed by atoms with Gasteiger partial charge in [0.25, 0.3) is 0 Å². The van der Waals surface area contributed by atoms with Crippen LogP contribution in [0.1, 0.15) is 55.3 Å². The van der Waals surface area contributed by atoms with Gasteiger partial charge in [-0.15, -0.1) is 0 Å². The molecule has 0 radical (unpaired) electrons. The molecular formula is C22H32N2O3. The molecule has 2 heterocycles. The minimum atomic E-state index is -0.110. The van der Waals surface area contributed by atoms with Crippen LogP contribution < -0.4 is 5.32 Å². The predicted octanol–water partition coefficient (Wildman–Crippen LogP) is 2.62. The van der Waals surface area contributed by atoms with Gasteiger partial charge in [-0.2, -0.15) is 0 Å². The van der Waals surface area contributed by atoms with E-state index < -0.39 is 0 Å². The van der Waals surface area contributed by atoms with Gasteiger partial charge in [-0.25, -0.2) is 0 Å². The molecule has 0 saturated carbocycles. The lowest BCUT2D eigenvalue weighted by molar-refractivity contribution is -0.156. The van der Waals surface area contributed by atoms with Crippen LogP contribution in [0.2, 0.25) is 0 Å². The number of nitrogens with zero attached hydrogens (tertiary/aromatic N) is 1. The third-order valence-corrected chi connectivity index (χ3v) is 6.35. The van der Waals surface area contributed by atoms with E-state index in [1.807, 2.05) is 0 Å². The molecule has 148 valence electrons. The second kappa shape index (κ2) is 8.29. The summed E-state index contributed by atoms with van der Waals surface area (Å²) in [6, 6.07) is 6.78. The lowest BCUT2D eigenvalue weighted by Gasteiger charge is -2.44. The van der Waals surface area contributed by atoms with Gasteiger partial charge in [0.05, 0.1) is 24.8 Å². The Hall–Kier alpha value is -1.43. The summed E-state index contributed by atoms with van der Waals surface area (Å²) in [6.07, 6.45) is 6.80. The Morgan fingerprint density at radius 3 is 2.78 bits per heavy atom. The average molecular weight is 373 g/mol. The molecule has 1 spiro atoms. The fourth-order valence-electron chi connectivity index (χ4n) is 4.70. The van der Waals surface area contributed by atoms with E-state index in [0.29, 0.717) is 13.2 Å². The minimum absolute atomic E-state index is 0.0443. The van der Waals surface area contributed by atoms with Crippen LogP contribution in [-0.2, 0) is 27.1 Å². The largest absolute Gasteiger partial charge is 0.381 e. The third-order valence-electron chi connectivity index (χ3n) is 6.35. The number of ether oxygens (including phenoxy) is 2. The Balaban J connectivity index is 1.32. The van der Waals surface area contributed by atoms with Crippen molar-refractivity contribution in [2.45, 2.75) is 57.1 Å². The van der Waals surface area contributed by atoms with Crippen LogP contribution in [0.25, 0.3) is 0 Å². The summed E-state index contributed by atoms with van der Waals surface area (Å²) >= 11 is 0. The molecule has 2 saturated heterocycles. The van der Waals surface area contributed by atoms with Crippen LogP contribution in [0.3, 0.4) is 0 Å². The predicted molar refractivity (Wildman–Crippen MR) is 105 cm³/mol. The van der Waals surface area contributed by atoms with Crippen LogP contribution in [0.15, 0.2) is 18.2 Å². The topological polar surface area (TPSA) is 50.8 Å². The van der Waals surface area contributed by atoms with Gasteiger partial charge in [0.2, 0.25) is 5.91 Å². The third kappa shape index (κ3) is 4.53. The number of nitrogens with one attached hydrogen (secondary N) is 1. The van der Waals surface area contributed by atoms with Gasteiger partial charge in [-0.05, 0) is 49.3 Å². The number of aryl methyl sites for hydroxylation is 2. The zero-order chi connectivity index (χ0) is 18.7. The monoisotopic (exact) mass is 372 g/mol. The van der Waals surface area contributed by atoms with Gasteiger partial charge in [0, 0.05) is 39.1 Å². The van der Waals surface area contributed by atoms with E-state index in [0.717, 1.165) is 39.1 Å². The van der Waals surface area contributed by atoms with Gasteiger partial charge in [-0.3, -0.25) is 9.69 Å². The first-order valence-corrected chi connectivity index (χ1v) is 10.5. The molecule has 5 nitrogen and oxygen atoms in total. The fraction of sp³-hybridized carbons (Fsp3) is 0.682. The first kappa shape index (κ1) is 18.9. The number of hydrogen-bond donors (Lipinski definition) is 1. The number of amides is 1. The van der Waals surface area contributed by atoms with Crippen molar-refractivity contribution in [1.29, 1.82) is 0 Å². The highest BCUT2D eigenvalue weighted by Gasteiger charge is 2.38. The number of carbonyl (C=O) groups excluding carboxylic acids is 1. The number of carbonyl (C=O) groups is 1. The molecule has 1 aromatic rings. The van der Waals surface area contributed by atoms with Crippen LogP contribution in [0.5, 0.6) is 0 Å². The smallest absolute Gasteiger partial charge is 0.234 e. The minimum Gasteiger partial charge on any atom is -0.381 e. The first-order valence-electron chi connectivity index (χ1n) is 10.5. The maximum Gasteiger partial charge on any atom is 0.234 e. The second-order valence-electron chi connectivity index (χ2n) is 8.38. The van der Waals surface area contributed by atoms with Crippen LogP contribution in [0, 0.1) is 0 Å². The summed E-state index contributed by atoms with van der Waals surface area (Å²) in [5.41, 5.74) is 4.06. The molecule has 2 fully saturated rings. The molecule has 1 amide bonds. The van der Waals surface area contributed by atoms with Crippen LogP contribution >= 0.6 is 0 Å². The van der Waals surface area contributed by atoms with Crippen molar-refractivity contribution in [3.8, 4) is 0 Å². The summed E-state index contributed by atoms with van der Waals surface area (Å²) in [6.45, 7) is 6.40. The Kier molecular flexibility index (Phi) is 5.81. The van der Waals surface area contributed by atoms with Gasteiger partial charge in [0.1, 0.15) is 0 Å². The SMILES string of the molecule is CC(NC(=O)CN1CCOC2(CCOCC2)C1)c1ccc2c(c1)CCCC2. The highest BCUT2D eigenvalue weighted by molar-refractivity contribution is 5.78. The van der Waals surface area contributed by atoms with Crippen molar-refractivity contribution in [2.75, 3.05) is 39.5 Å². The summed E-state index contributed by atoms with van der Waals surface area (Å²) in [5.74, 6) is 0.101. The Labute approximate surface area is 162 Å². The zero-order valence-corrected chi connectivity index (χ0v) is 16.5. The first-order chi connectivity index (χ1) is 13.1. The molecule has 27 heavy (non-hydrogen) atoms. The van der Waals surface area contributed by atoms with Crippen molar-refractivity contribution in [1.82, 2.24) is 10.2 Å². The van der Waals surface area contributed by atoms with Gasteiger partial charge in [0.15, 0.2) is 0 Å². The van der Waals surface area contributed by atoms with E-state index in [4.69, 9.17) is 9.47 Å². The summed E-state index contributed by atoms with van der Waals surface area (Å²) in [7, 11) is 0. The van der Waals surface area contributed by atoms with E-state index in [-0.39, 0.29) is 17.6 Å². The Bertz CT molecular complexity index is 664. The van der Waals surface area contributed by atoms with Crippen molar-refractivity contribution in [2.24, 2.45) is 0 Å². The van der Waals surface area contributed by atoms with Crippen molar-refractivity contribution >= 4 is 5.91 Å². The quantitative estimate of drug-likeness (QED) is 0.883. The summed E-state index contributed by atoms with van der Waals surface area (Å²) in [5, 5.41) is 3.20. The number of fused-ring (bicyclic) bond motifs is 1. The Morgan fingerprint density at radius 2 is 1.96 bits per heavy atom. The molecule has 1 unspecified atom stereocenters. The van der Waals surface area contributed by atoms with Crippen molar-refractivity contribution in [3.05, 3.63) is 34.9 Å². The number of morpholine rings is 1. The molecule has 3 aliphatic rings. The van der Waals surface area contributed by atoms with Gasteiger partial charge in [-0.1, -0.05) is 18.2 Å². The lowest BCUT2D eigenvalue weighted by atomic mass is 9.89. The van der Waals surface area contributed by atoms with E-state index >= 15 is 0 Å². The number of rotatable bonds is 4.